The lowest BCUT2D eigenvalue weighted by Crippen LogP contribution is -2.37. The number of nitrogens with zero attached hydrogens (tertiary/aromatic N) is 1. The van der Waals surface area contributed by atoms with Crippen molar-refractivity contribution in [2.75, 3.05) is 11.9 Å². The monoisotopic (exact) mass is 258 g/mol. The molecule has 4 nitrogen and oxygen atoms in total. The van der Waals surface area contributed by atoms with Crippen molar-refractivity contribution in [2.24, 2.45) is 0 Å². The standard InChI is InChI=1S/C14H11FN2O2/c15-10-5-9(6-16-7-10)14(18)13-8-17-11-3-1-2-4-12(11)19-13/h1-7,13,17H,8H2. The van der Waals surface area contributed by atoms with E-state index in [9.17, 15) is 9.18 Å². The number of rotatable bonds is 2. The molecule has 0 fully saturated rings. The number of aromatic nitrogens is 1. The molecule has 2 heterocycles. The summed E-state index contributed by atoms with van der Waals surface area (Å²) in [5.41, 5.74) is 1.06. The van der Waals surface area contributed by atoms with Crippen molar-refractivity contribution in [3.05, 3.63) is 54.1 Å². The fraction of sp³-hybridized carbons (Fsp3) is 0.143. The van der Waals surface area contributed by atoms with Gasteiger partial charge in [-0.3, -0.25) is 9.78 Å². The Balaban J connectivity index is 1.83. The Morgan fingerprint density at radius 2 is 2.21 bits per heavy atom. The van der Waals surface area contributed by atoms with Crippen LogP contribution < -0.4 is 10.1 Å². The molecule has 1 N–H and O–H groups in total. The highest BCUT2D eigenvalue weighted by molar-refractivity contribution is 6.00. The van der Waals surface area contributed by atoms with Gasteiger partial charge < -0.3 is 10.1 Å². The quantitative estimate of drug-likeness (QED) is 0.840. The van der Waals surface area contributed by atoms with E-state index < -0.39 is 11.9 Å². The van der Waals surface area contributed by atoms with E-state index in [4.69, 9.17) is 4.74 Å². The van der Waals surface area contributed by atoms with Gasteiger partial charge in [-0.2, -0.15) is 0 Å². The number of halogens is 1. The fourth-order valence-corrected chi connectivity index (χ4v) is 1.99. The van der Waals surface area contributed by atoms with Gasteiger partial charge in [0.05, 0.1) is 18.4 Å². The van der Waals surface area contributed by atoms with Crippen LogP contribution in [0, 0.1) is 5.82 Å². The maximum atomic E-state index is 13.1. The van der Waals surface area contributed by atoms with Crippen LogP contribution in [0.2, 0.25) is 0 Å². The summed E-state index contributed by atoms with van der Waals surface area (Å²) in [6.07, 6.45) is 1.74. The van der Waals surface area contributed by atoms with Gasteiger partial charge in [0.2, 0.25) is 5.78 Å². The molecular formula is C14H11FN2O2. The zero-order valence-electron chi connectivity index (χ0n) is 9.97. The Hall–Kier alpha value is -2.43. The molecule has 5 heteroatoms. The lowest BCUT2D eigenvalue weighted by molar-refractivity contribution is 0.0800. The summed E-state index contributed by atoms with van der Waals surface area (Å²) in [5.74, 6) is -0.194. The first-order valence-electron chi connectivity index (χ1n) is 5.88. The third-order valence-corrected chi connectivity index (χ3v) is 2.92. The molecule has 2 aromatic rings. The summed E-state index contributed by atoms with van der Waals surface area (Å²) in [7, 11) is 0. The molecule has 0 radical (unpaired) electrons. The number of benzene rings is 1. The normalized spacial score (nSPS) is 17.0. The number of Topliss-reactive ketones (excluding diaryl/α,β-unsaturated/α-hetero) is 1. The number of hydrogen-bond donors (Lipinski definition) is 1. The van der Waals surface area contributed by atoms with Crippen molar-refractivity contribution < 1.29 is 13.9 Å². The molecule has 0 bridgehead atoms. The van der Waals surface area contributed by atoms with Gasteiger partial charge >= 0.3 is 0 Å². The molecule has 1 aromatic heterocycles. The van der Waals surface area contributed by atoms with Crippen molar-refractivity contribution in [2.45, 2.75) is 6.10 Å². The molecular weight excluding hydrogens is 247 g/mol. The number of anilines is 1. The van der Waals surface area contributed by atoms with Gasteiger partial charge in [-0.25, -0.2) is 4.39 Å². The van der Waals surface area contributed by atoms with Crippen LogP contribution in [0.3, 0.4) is 0 Å². The van der Waals surface area contributed by atoms with E-state index in [2.05, 4.69) is 10.3 Å². The van der Waals surface area contributed by atoms with Gasteiger partial charge in [0.15, 0.2) is 6.10 Å². The van der Waals surface area contributed by atoms with Crippen LogP contribution in [-0.2, 0) is 0 Å². The molecule has 1 aromatic carbocycles. The zero-order chi connectivity index (χ0) is 13.2. The van der Waals surface area contributed by atoms with Gasteiger partial charge in [0.25, 0.3) is 0 Å². The van der Waals surface area contributed by atoms with E-state index in [0.717, 1.165) is 11.9 Å². The van der Waals surface area contributed by atoms with E-state index in [1.807, 2.05) is 18.2 Å². The highest BCUT2D eigenvalue weighted by Gasteiger charge is 2.26. The topological polar surface area (TPSA) is 51.2 Å². The van der Waals surface area contributed by atoms with Gasteiger partial charge in [0, 0.05) is 11.8 Å². The third-order valence-electron chi connectivity index (χ3n) is 2.92. The first kappa shape index (κ1) is 11.6. The van der Waals surface area contributed by atoms with Crippen molar-refractivity contribution in [3.63, 3.8) is 0 Å². The number of carbonyl (C=O) groups is 1. The van der Waals surface area contributed by atoms with Gasteiger partial charge in [-0.15, -0.1) is 0 Å². The Bertz CT molecular complexity index is 630. The number of ether oxygens (including phenoxy) is 1. The van der Waals surface area contributed by atoms with Crippen molar-refractivity contribution >= 4 is 11.5 Å². The average molecular weight is 258 g/mol. The maximum Gasteiger partial charge on any atom is 0.206 e. The number of carbonyl (C=O) groups excluding carboxylic acids is 1. The lowest BCUT2D eigenvalue weighted by Gasteiger charge is -2.26. The van der Waals surface area contributed by atoms with Crippen LogP contribution in [0.1, 0.15) is 10.4 Å². The molecule has 3 rings (SSSR count). The van der Waals surface area contributed by atoms with Gasteiger partial charge in [-0.05, 0) is 18.2 Å². The molecule has 96 valence electrons. The van der Waals surface area contributed by atoms with Gasteiger partial charge in [0.1, 0.15) is 11.6 Å². The Labute approximate surface area is 109 Å². The average Bonchev–Trinajstić information content (AvgIpc) is 2.46. The van der Waals surface area contributed by atoms with E-state index >= 15 is 0 Å². The molecule has 0 spiro atoms. The molecule has 0 aliphatic carbocycles. The first-order valence-corrected chi connectivity index (χ1v) is 5.88. The second-order valence-corrected chi connectivity index (χ2v) is 4.24. The van der Waals surface area contributed by atoms with E-state index in [-0.39, 0.29) is 11.3 Å². The highest BCUT2D eigenvalue weighted by Crippen LogP contribution is 2.29. The largest absolute Gasteiger partial charge is 0.478 e. The van der Waals surface area contributed by atoms with Crippen LogP contribution in [0.15, 0.2) is 42.7 Å². The SMILES string of the molecule is O=C(c1cncc(F)c1)C1CNc2ccccc2O1. The Kier molecular flexibility index (Phi) is 2.87. The van der Waals surface area contributed by atoms with E-state index in [0.29, 0.717) is 12.3 Å². The highest BCUT2D eigenvalue weighted by atomic mass is 19.1. The summed E-state index contributed by atoms with van der Waals surface area (Å²) in [5, 5.41) is 3.12. The Morgan fingerprint density at radius 1 is 1.37 bits per heavy atom. The Morgan fingerprint density at radius 3 is 3.05 bits per heavy atom. The van der Waals surface area contributed by atoms with Crippen LogP contribution in [-0.4, -0.2) is 23.4 Å². The van der Waals surface area contributed by atoms with Gasteiger partial charge in [-0.1, -0.05) is 12.1 Å². The summed E-state index contributed by atoms with van der Waals surface area (Å²) < 4.78 is 18.7. The zero-order valence-corrected chi connectivity index (χ0v) is 9.97. The number of pyridine rings is 1. The summed E-state index contributed by atoms with van der Waals surface area (Å²) in [6, 6.07) is 8.54. The van der Waals surface area contributed by atoms with Crippen LogP contribution in [0.5, 0.6) is 5.75 Å². The number of hydrogen-bond acceptors (Lipinski definition) is 4. The number of ketones is 1. The minimum atomic E-state index is -0.668. The second-order valence-electron chi connectivity index (χ2n) is 4.24. The first-order chi connectivity index (χ1) is 9.24. The fourth-order valence-electron chi connectivity index (χ4n) is 1.99. The van der Waals surface area contributed by atoms with E-state index in [1.165, 1.54) is 12.3 Å². The van der Waals surface area contributed by atoms with Crippen molar-refractivity contribution in [3.8, 4) is 5.75 Å². The third kappa shape index (κ3) is 2.27. The van der Waals surface area contributed by atoms with Crippen LogP contribution >= 0.6 is 0 Å². The summed E-state index contributed by atoms with van der Waals surface area (Å²) in [6.45, 7) is 0.354. The molecule has 1 aliphatic heterocycles. The minimum Gasteiger partial charge on any atom is -0.478 e. The van der Waals surface area contributed by atoms with Crippen LogP contribution in [0.25, 0.3) is 0 Å². The lowest BCUT2D eigenvalue weighted by atomic mass is 10.1. The molecule has 19 heavy (non-hydrogen) atoms. The summed E-state index contributed by atoms with van der Waals surface area (Å²) >= 11 is 0. The molecule has 1 unspecified atom stereocenters. The second kappa shape index (κ2) is 4.68. The van der Waals surface area contributed by atoms with Crippen molar-refractivity contribution in [1.82, 2.24) is 4.98 Å². The van der Waals surface area contributed by atoms with E-state index in [1.54, 1.807) is 6.07 Å². The maximum absolute atomic E-state index is 13.1. The molecule has 0 saturated heterocycles. The van der Waals surface area contributed by atoms with Crippen molar-refractivity contribution in [1.29, 1.82) is 0 Å². The predicted molar refractivity (Wildman–Crippen MR) is 67.9 cm³/mol. The number of fused-ring (bicyclic) bond motifs is 1. The van der Waals surface area contributed by atoms with Crippen LogP contribution in [0.4, 0.5) is 10.1 Å². The molecule has 0 saturated carbocycles. The smallest absolute Gasteiger partial charge is 0.206 e. The predicted octanol–water partition coefficient (Wildman–Crippen LogP) is 2.28. The number of para-hydroxylation sites is 2. The number of nitrogens with one attached hydrogen (secondary N) is 1. The minimum absolute atomic E-state index is 0.214. The molecule has 0 amide bonds. The molecule has 1 atom stereocenters. The summed E-state index contributed by atoms with van der Waals surface area (Å²) in [4.78, 5) is 15.9. The molecule has 1 aliphatic rings.